The number of nitrogens with one attached hydrogen (secondary N) is 1. The molecule has 0 unspecified atom stereocenters. The Kier molecular flexibility index (Phi) is 7.83. The van der Waals surface area contributed by atoms with Gasteiger partial charge in [0.15, 0.2) is 0 Å². The highest BCUT2D eigenvalue weighted by atomic mass is 35.5. The van der Waals surface area contributed by atoms with E-state index < -0.39 is 24.4 Å². The summed E-state index contributed by atoms with van der Waals surface area (Å²) in [7, 11) is 0. The molecule has 7 nitrogen and oxygen atoms in total. The van der Waals surface area contributed by atoms with E-state index in [-0.39, 0.29) is 29.8 Å². The molecule has 1 aliphatic heterocycles. The van der Waals surface area contributed by atoms with Crippen molar-refractivity contribution >= 4 is 29.2 Å². The zero-order valence-electron chi connectivity index (χ0n) is 19.8. The molecule has 2 aromatic heterocycles. The van der Waals surface area contributed by atoms with Gasteiger partial charge in [0.1, 0.15) is 17.9 Å². The molecule has 3 aromatic rings. The average Bonchev–Trinajstić information content (AvgIpc) is 3.25. The summed E-state index contributed by atoms with van der Waals surface area (Å²) in [6.45, 7) is 2.05. The normalized spacial score (nSPS) is 14.1. The van der Waals surface area contributed by atoms with Crippen LogP contribution in [0.2, 0.25) is 5.02 Å². The second kappa shape index (κ2) is 11.0. The molecule has 1 N–H and O–H groups in total. The predicted octanol–water partition coefficient (Wildman–Crippen LogP) is 5.01. The van der Waals surface area contributed by atoms with Gasteiger partial charge in [0.2, 0.25) is 5.91 Å². The molecule has 4 rings (SSSR count). The number of pyridine rings is 1. The fourth-order valence-electron chi connectivity index (χ4n) is 4.08. The molecule has 192 valence electrons. The monoisotopic (exact) mass is 529 g/mol. The molecule has 11 heteroatoms. The summed E-state index contributed by atoms with van der Waals surface area (Å²) in [5.74, 6) is 4.97. The van der Waals surface area contributed by atoms with Crippen LogP contribution in [0.4, 0.5) is 19.0 Å². The second-order valence-electron chi connectivity index (χ2n) is 8.65. The predicted molar refractivity (Wildman–Crippen MR) is 132 cm³/mol. The van der Waals surface area contributed by atoms with E-state index in [1.807, 2.05) is 36.4 Å². The minimum Gasteiger partial charge on any atom is -0.342 e. The number of hydrogen-bond acceptors (Lipinski definition) is 4. The van der Waals surface area contributed by atoms with Gasteiger partial charge in [-0.3, -0.25) is 14.3 Å². The first kappa shape index (κ1) is 26.2. The Hall–Kier alpha value is -3.84. The smallest absolute Gasteiger partial charge is 0.342 e. The molecule has 37 heavy (non-hydrogen) atoms. The topological polar surface area (TPSA) is 80.1 Å². The third kappa shape index (κ3) is 6.68. The highest BCUT2D eigenvalue weighted by molar-refractivity contribution is 6.34. The quantitative estimate of drug-likeness (QED) is 0.482. The lowest BCUT2D eigenvalue weighted by Gasteiger charge is -2.33. The lowest BCUT2D eigenvalue weighted by Crippen LogP contribution is -2.41. The van der Waals surface area contributed by atoms with Crippen LogP contribution in [0.5, 0.6) is 0 Å². The Morgan fingerprint density at radius 3 is 2.43 bits per heavy atom. The van der Waals surface area contributed by atoms with Crippen molar-refractivity contribution in [3.63, 3.8) is 0 Å². The molecule has 0 aliphatic carbocycles. The van der Waals surface area contributed by atoms with Crippen molar-refractivity contribution in [3.05, 3.63) is 76.2 Å². The van der Waals surface area contributed by atoms with Gasteiger partial charge in [-0.1, -0.05) is 41.6 Å². The van der Waals surface area contributed by atoms with E-state index >= 15 is 0 Å². The van der Waals surface area contributed by atoms with E-state index in [2.05, 4.69) is 27.2 Å². The van der Waals surface area contributed by atoms with Crippen molar-refractivity contribution in [1.29, 1.82) is 0 Å². The molecular weight excluding hydrogens is 507 g/mol. The Morgan fingerprint density at radius 2 is 1.78 bits per heavy atom. The van der Waals surface area contributed by atoms with Crippen LogP contribution in [0.25, 0.3) is 0 Å². The summed E-state index contributed by atoms with van der Waals surface area (Å²) in [5, 5.41) is 7.11. The van der Waals surface area contributed by atoms with Crippen LogP contribution in [-0.2, 0) is 4.79 Å². The van der Waals surface area contributed by atoms with Crippen molar-refractivity contribution in [2.24, 2.45) is 0 Å². The number of carbonyl (C=O) groups excluding carboxylic acids is 2. The molecule has 0 spiro atoms. The lowest BCUT2D eigenvalue weighted by molar-refractivity contribution is -0.162. The van der Waals surface area contributed by atoms with Crippen LogP contribution in [0, 0.1) is 18.8 Å². The van der Waals surface area contributed by atoms with Crippen LogP contribution in [0.15, 0.2) is 48.8 Å². The molecular formula is C26H23ClF3N5O2. The second-order valence-corrected chi connectivity index (χ2v) is 9.06. The number of hydrogen-bond donors (Lipinski definition) is 1. The molecule has 2 amide bonds. The number of alkyl halides is 3. The van der Waals surface area contributed by atoms with Gasteiger partial charge in [-0.15, -0.1) is 0 Å². The number of piperidine rings is 1. The highest BCUT2D eigenvalue weighted by Crippen LogP contribution is 2.29. The van der Waals surface area contributed by atoms with Gasteiger partial charge in [-0.05, 0) is 43.5 Å². The highest BCUT2D eigenvalue weighted by Gasteiger charge is 2.35. The minimum absolute atomic E-state index is 0.121. The maximum atomic E-state index is 13.1. The van der Waals surface area contributed by atoms with E-state index in [0.29, 0.717) is 29.8 Å². The number of amides is 2. The molecule has 1 aromatic carbocycles. The van der Waals surface area contributed by atoms with Gasteiger partial charge in [-0.2, -0.15) is 18.3 Å². The third-order valence-corrected chi connectivity index (χ3v) is 6.19. The Balaban J connectivity index is 1.43. The number of carbonyl (C=O) groups is 2. The van der Waals surface area contributed by atoms with E-state index in [1.54, 1.807) is 13.1 Å². The van der Waals surface area contributed by atoms with E-state index in [9.17, 15) is 22.8 Å². The zero-order valence-corrected chi connectivity index (χ0v) is 20.6. The van der Waals surface area contributed by atoms with Crippen LogP contribution in [0.1, 0.15) is 52.5 Å². The van der Waals surface area contributed by atoms with Crippen molar-refractivity contribution in [1.82, 2.24) is 19.7 Å². The first-order chi connectivity index (χ1) is 17.6. The zero-order chi connectivity index (χ0) is 26.6. The van der Waals surface area contributed by atoms with E-state index in [4.69, 9.17) is 11.6 Å². The number of rotatable bonds is 4. The molecule has 3 heterocycles. The number of nitrogens with zero attached hydrogens (tertiary/aromatic N) is 4. The van der Waals surface area contributed by atoms with Crippen molar-refractivity contribution in [2.75, 3.05) is 18.4 Å². The largest absolute Gasteiger partial charge is 0.397 e. The van der Waals surface area contributed by atoms with E-state index in [1.165, 1.54) is 15.8 Å². The van der Waals surface area contributed by atoms with Crippen molar-refractivity contribution < 1.29 is 22.8 Å². The Bertz CT molecular complexity index is 1350. The fourth-order valence-corrected chi connectivity index (χ4v) is 4.30. The average molecular weight is 530 g/mol. The number of anilines is 1. The summed E-state index contributed by atoms with van der Waals surface area (Å²) >= 11 is 6.27. The third-order valence-electron chi connectivity index (χ3n) is 5.92. The first-order valence-corrected chi connectivity index (χ1v) is 11.9. The molecule has 1 aliphatic rings. The molecule has 0 saturated carbocycles. The molecule has 1 fully saturated rings. The van der Waals surface area contributed by atoms with Crippen LogP contribution >= 0.6 is 11.6 Å². The van der Waals surface area contributed by atoms with Gasteiger partial charge in [0.05, 0.1) is 17.3 Å². The van der Waals surface area contributed by atoms with Gasteiger partial charge in [0.25, 0.3) is 5.91 Å². The number of aromatic nitrogens is 3. The maximum absolute atomic E-state index is 13.1. The minimum atomic E-state index is -4.55. The van der Waals surface area contributed by atoms with Crippen molar-refractivity contribution in [2.45, 2.75) is 38.4 Å². The first-order valence-electron chi connectivity index (χ1n) is 11.5. The molecule has 0 atom stereocenters. The van der Waals surface area contributed by atoms with E-state index in [0.717, 1.165) is 5.56 Å². The van der Waals surface area contributed by atoms with Crippen LogP contribution in [-0.4, -0.2) is 50.7 Å². The lowest BCUT2D eigenvalue weighted by atomic mass is 10.0. The Labute approximate surface area is 216 Å². The molecule has 0 radical (unpaired) electrons. The molecule has 1 saturated heterocycles. The summed E-state index contributed by atoms with van der Waals surface area (Å²) in [4.78, 5) is 30.5. The van der Waals surface area contributed by atoms with Crippen LogP contribution < -0.4 is 5.32 Å². The number of aryl methyl sites for hydroxylation is 1. The fraction of sp³-hybridized carbons (Fsp3) is 0.308. The number of halogens is 4. The summed E-state index contributed by atoms with van der Waals surface area (Å²) in [5.41, 5.74) is 2.38. The van der Waals surface area contributed by atoms with Gasteiger partial charge < -0.3 is 10.2 Å². The number of benzene rings is 1. The summed E-state index contributed by atoms with van der Waals surface area (Å²) in [6.07, 6.45) is -2.44. The summed E-state index contributed by atoms with van der Waals surface area (Å²) in [6, 6.07) is 11.0. The summed E-state index contributed by atoms with van der Waals surface area (Å²) < 4.78 is 39.1. The van der Waals surface area contributed by atoms with Gasteiger partial charge in [0, 0.05) is 30.4 Å². The van der Waals surface area contributed by atoms with Crippen molar-refractivity contribution in [3.8, 4) is 11.8 Å². The standard InChI is InChI=1S/C26H23ClF3N5O2/c1-17-13-19(8-7-18-5-3-2-4-6-18)15-31-24(17)33-25(37)23-21(27)16-32-35(23)20-9-11-34(12-10-20)22(36)14-26(28,29)30/h2-6,13,15-16,20H,9-12,14H2,1H3,(H,31,33,37). The SMILES string of the molecule is Cc1cc(C#Cc2ccccc2)cnc1NC(=O)c1c(Cl)cnn1C1CCN(C(=O)CC(F)(F)F)CC1. The van der Waals surface area contributed by atoms with Gasteiger partial charge >= 0.3 is 6.18 Å². The van der Waals surface area contributed by atoms with Crippen LogP contribution in [0.3, 0.4) is 0 Å². The molecule has 0 bridgehead atoms. The Morgan fingerprint density at radius 1 is 1.11 bits per heavy atom. The maximum Gasteiger partial charge on any atom is 0.397 e. The van der Waals surface area contributed by atoms with Gasteiger partial charge in [-0.25, -0.2) is 4.98 Å². The number of likely N-dealkylation sites (tertiary alicyclic amines) is 1.